The Labute approximate surface area is 165 Å². The normalized spacial score (nSPS) is 24.6. The number of nitrogens with zero attached hydrogens (tertiary/aromatic N) is 4. The van der Waals surface area contributed by atoms with E-state index in [0.717, 1.165) is 61.6 Å². The quantitative estimate of drug-likeness (QED) is 0.877. The van der Waals surface area contributed by atoms with E-state index in [2.05, 4.69) is 10.3 Å². The molecule has 0 unspecified atom stereocenters. The Kier molecular flexibility index (Phi) is 4.65. The first-order chi connectivity index (χ1) is 13.7. The average Bonchev–Trinajstić information content (AvgIpc) is 3.53. The summed E-state index contributed by atoms with van der Waals surface area (Å²) in [5.74, 6) is 2.53. The fraction of sp³-hybridized carbons (Fsp3) is 0.636. The van der Waals surface area contributed by atoms with Gasteiger partial charge >= 0.3 is 0 Å². The van der Waals surface area contributed by atoms with Crippen LogP contribution in [0.25, 0.3) is 0 Å². The molecule has 28 heavy (non-hydrogen) atoms. The Hall–Kier alpha value is -2.24. The highest BCUT2D eigenvalue weighted by atomic mass is 16.1. The molecule has 2 aromatic rings. The van der Waals surface area contributed by atoms with E-state index in [9.17, 15) is 4.79 Å². The Balaban J connectivity index is 1.25. The summed E-state index contributed by atoms with van der Waals surface area (Å²) < 4.78 is 1.78. The van der Waals surface area contributed by atoms with Gasteiger partial charge in [0.1, 0.15) is 11.6 Å². The van der Waals surface area contributed by atoms with E-state index in [-0.39, 0.29) is 11.6 Å². The first-order valence-corrected chi connectivity index (χ1v) is 10.9. The molecule has 0 aromatic carbocycles. The van der Waals surface area contributed by atoms with Gasteiger partial charge in [-0.15, -0.1) is 0 Å². The largest absolute Gasteiger partial charge is 0.367 e. The Morgan fingerprint density at radius 2 is 1.79 bits per heavy atom. The van der Waals surface area contributed by atoms with Gasteiger partial charge in [0.05, 0.1) is 11.7 Å². The minimum atomic E-state index is 0.0811. The highest BCUT2D eigenvalue weighted by Gasteiger charge is 2.28. The lowest BCUT2D eigenvalue weighted by atomic mass is 9.91. The van der Waals surface area contributed by atoms with Crippen molar-refractivity contribution in [3.05, 3.63) is 45.3 Å². The molecule has 6 nitrogen and oxygen atoms in total. The third-order valence-corrected chi connectivity index (χ3v) is 6.44. The van der Waals surface area contributed by atoms with Crippen LogP contribution in [0.3, 0.4) is 0 Å². The van der Waals surface area contributed by atoms with Crippen molar-refractivity contribution in [1.29, 1.82) is 0 Å². The maximum atomic E-state index is 12.6. The Morgan fingerprint density at radius 3 is 2.57 bits per heavy atom. The van der Waals surface area contributed by atoms with Gasteiger partial charge in [-0.25, -0.2) is 14.6 Å². The van der Waals surface area contributed by atoms with E-state index < -0.39 is 0 Å². The second-order valence-electron chi connectivity index (χ2n) is 8.78. The molecule has 0 atom stereocenters. The molecule has 2 saturated carbocycles. The van der Waals surface area contributed by atoms with Gasteiger partial charge in [-0.1, -0.05) is 0 Å². The molecule has 6 heteroatoms. The summed E-state index contributed by atoms with van der Waals surface area (Å²) >= 11 is 0. The predicted octanol–water partition coefficient (Wildman–Crippen LogP) is 3.69. The van der Waals surface area contributed by atoms with Gasteiger partial charge < -0.3 is 5.32 Å². The summed E-state index contributed by atoms with van der Waals surface area (Å²) in [6.07, 6.45) is 10.9. The molecule has 5 rings (SSSR count). The Morgan fingerprint density at radius 1 is 1.00 bits per heavy atom. The van der Waals surface area contributed by atoms with Gasteiger partial charge in [0.15, 0.2) is 0 Å². The number of hydrogen-bond donors (Lipinski definition) is 1. The molecule has 3 aliphatic carbocycles. The maximum absolute atomic E-state index is 12.6. The summed E-state index contributed by atoms with van der Waals surface area (Å²) in [5.41, 5.74) is 3.44. The van der Waals surface area contributed by atoms with Crippen LogP contribution in [-0.2, 0) is 12.8 Å². The zero-order valence-corrected chi connectivity index (χ0v) is 16.7. The number of fused-ring (bicyclic) bond motifs is 1. The molecule has 0 amide bonds. The molecule has 2 fully saturated rings. The predicted molar refractivity (Wildman–Crippen MR) is 109 cm³/mol. The number of rotatable bonds is 4. The molecule has 1 N–H and O–H groups in total. The molecule has 0 radical (unpaired) electrons. The van der Waals surface area contributed by atoms with Crippen molar-refractivity contribution in [2.45, 2.75) is 89.1 Å². The third-order valence-electron chi connectivity index (χ3n) is 6.44. The molecule has 0 aliphatic heterocycles. The molecule has 2 aromatic heterocycles. The minimum absolute atomic E-state index is 0.0811. The molecule has 148 valence electrons. The van der Waals surface area contributed by atoms with Crippen molar-refractivity contribution >= 4 is 5.82 Å². The van der Waals surface area contributed by atoms with Crippen molar-refractivity contribution in [3.63, 3.8) is 0 Å². The molecule has 3 aliphatic rings. The smallest absolute Gasteiger partial charge is 0.267 e. The SMILES string of the molecule is Cc1cc(NC2CCC(n3nc4c(cc3=O)CCCC4)CC2)nc(C2CC2)n1. The zero-order valence-electron chi connectivity index (χ0n) is 16.7. The van der Waals surface area contributed by atoms with Gasteiger partial charge in [0, 0.05) is 29.8 Å². The van der Waals surface area contributed by atoms with E-state index >= 15 is 0 Å². The van der Waals surface area contributed by atoms with Crippen LogP contribution in [0.2, 0.25) is 0 Å². The van der Waals surface area contributed by atoms with Crippen LogP contribution < -0.4 is 10.9 Å². The average molecular weight is 380 g/mol. The van der Waals surface area contributed by atoms with Crippen LogP contribution in [-0.4, -0.2) is 25.8 Å². The first kappa shape index (κ1) is 17.8. The molecule has 0 bridgehead atoms. The number of hydrogen-bond acceptors (Lipinski definition) is 5. The monoisotopic (exact) mass is 379 g/mol. The van der Waals surface area contributed by atoms with Crippen molar-refractivity contribution in [2.75, 3.05) is 5.32 Å². The van der Waals surface area contributed by atoms with Gasteiger partial charge in [-0.2, -0.15) is 5.10 Å². The third kappa shape index (κ3) is 3.69. The van der Waals surface area contributed by atoms with E-state index in [1.807, 2.05) is 19.1 Å². The van der Waals surface area contributed by atoms with Crippen molar-refractivity contribution in [2.24, 2.45) is 0 Å². The summed E-state index contributed by atoms with van der Waals surface area (Å²) in [6.45, 7) is 2.05. The molecule has 2 heterocycles. The summed E-state index contributed by atoms with van der Waals surface area (Å²) in [4.78, 5) is 21.9. The van der Waals surface area contributed by atoms with Crippen LogP contribution in [0.15, 0.2) is 16.9 Å². The fourth-order valence-corrected chi connectivity index (χ4v) is 4.70. The van der Waals surface area contributed by atoms with Gasteiger partial charge in [0.25, 0.3) is 5.56 Å². The van der Waals surface area contributed by atoms with Crippen LogP contribution >= 0.6 is 0 Å². The molecule has 0 spiro atoms. The summed E-state index contributed by atoms with van der Waals surface area (Å²) in [5, 5.41) is 8.38. The van der Waals surface area contributed by atoms with Gasteiger partial charge in [0.2, 0.25) is 0 Å². The lowest BCUT2D eigenvalue weighted by molar-refractivity contribution is 0.300. The van der Waals surface area contributed by atoms with Crippen molar-refractivity contribution in [1.82, 2.24) is 19.7 Å². The van der Waals surface area contributed by atoms with Crippen LogP contribution in [0.1, 0.15) is 86.1 Å². The highest BCUT2D eigenvalue weighted by Crippen LogP contribution is 2.38. The summed E-state index contributed by atoms with van der Waals surface area (Å²) in [7, 11) is 0. The van der Waals surface area contributed by atoms with E-state index in [4.69, 9.17) is 10.1 Å². The maximum Gasteiger partial charge on any atom is 0.267 e. The number of aryl methyl sites for hydroxylation is 3. The fourth-order valence-electron chi connectivity index (χ4n) is 4.70. The zero-order chi connectivity index (χ0) is 19.1. The van der Waals surface area contributed by atoms with Crippen LogP contribution in [0.4, 0.5) is 5.82 Å². The van der Waals surface area contributed by atoms with Crippen LogP contribution in [0.5, 0.6) is 0 Å². The highest BCUT2D eigenvalue weighted by molar-refractivity contribution is 5.38. The lowest BCUT2D eigenvalue weighted by Crippen LogP contribution is -2.34. The minimum Gasteiger partial charge on any atom is -0.367 e. The second kappa shape index (κ2) is 7.30. The van der Waals surface area contributed by atoms with Gasteiger partial charge in [-0.05, 0) is 76.7 Å². The van der Waals surface area contributed by atoms with E-state index in [1.54, 1.807) is 4.68 Å². The van der Waals surface area contributed by atoms with Crippen LogP contribution in [0, 0.1) is 6.92 Å². The number of anilines is 1. The number of nitrogens with one attached hydrogen (secondary N) is 1. The second-order valence-corrected chi connectivity index (χ2v) is 8.78. The Bertz CT molecular complexity index is 925. The molecular weight excluding hydrogens is 350 g/mol. The van der Waals surface area contributed by atoms with Gasteiger partial charge in [-0.3, -0.25) is 4.79 Å². The molecular formula is C22H29N5O. The first-order valence-electron chi connectivity index (χ1n) is 10.9. The lowest BCUT2D eigenvalue weighted by Gasteiger charge is -2.30. The van der Waals surface area contributed by atoms with Crippen molar-refractivity contribution in [3.8, 4) is 0 Å². The standard InChI is InChI=1S/C22H29N5O/c1-14-12-20(25-22(23-14)15-6-7-15)24-17-8-10-18(11-9-17)27-21(28)13-16-4-2-3-5-19(16)26-27/h12-13,15,17-18H,2-11H2,1H3,(H,23,24,25). The molecule has 0 saturated heterocycles. The topological polar surface area (TPSA) is 72.7 Å². The van der Waals surface area contributed by atoms with E-state index in [1.165, 1.54) is 31.2 Å². The summed E-state index contributed by atoms with van der Waals surface area (Å²) in [6, 6.07) is 4.53. The van der Waals surface area contributed by atoms with Crippen molar-refractivity contribution < 1.29 is 0 Å². The number of aromatic nitrogens is 4. The van der Waals surface area contributed by atoms with E-state index in [0.29, 0.717) is 12.0 Å².